The van der Waals surface area contributed by atoms with Gasteiger partial charge in [-0.1, -0.05) is 19.8 Å². The molecule has 4 atom stereocenters. The number of rotatable bonds is 7. The highest BCUT2D eigenvalue weighted by molar-refractivity contribution is 4.73. The van der Waals surface area contributed by atoms with Gasteiger partial charge in [0.05, 0.1) is 24.9 Å². The fraction of sp³-hybridized carbons (Fsp3) is 1.00. The molecule has 1 rings (SSSR count). The molecule has 4 heteroatoms. The minimum atomic E-state index is -0.483. The second kappa shape index (κ2) is 8.03. The Labute approximate surface area is 104 Å². The first kappa shape index (κ1) is 14.9. The summed E-state index contributed by atoms with van der Waals surface area (Å²) < 4.78 is 5.76. The maximum atomic E-state index is 9.71. The number of aliphatic hydroxyl groups is 2. The Balaban J connectivity index is 2.07. The molecule has 0 aliphatic heterocycles. The van der Waals surface area contributed by atoms with Gasteiger partial charge in [-0.05, 0) is 25.7 Å². The van der Waals surface area contributed by atoms with Crippen molar-refractivity contribution in [2.75, 3.05) is 19.7 Å². The lowest BCUT2D eigenvalue weighted by Gasteiger charge is -2.29. The zero-order valence-electron chi connectivity index (χ0n) is 11.1. The van der Waals surface area contributed by atoms with Crippen LogP contribution in [0, 0.1) is 5.92 Å². The van der Waals surface area contributed by atoms with E-state index < -0.39 is 6.10 Å². The molecule has 0 heterocycles. The number of hydrogen-bond acceptors (Lipinski definition) is 4. The number of hydrogen-bond donors (Lipinski definition) is 3. The summed E-state index contributed by atoms with van der Waals surface area (Å²) in [6.07, 6.45) is 4.36. The van der Waals surface area contributed by atoms with Crippen molar-refractivity contribution in [1.29, 1.82) is 0 Å². The molecule has 0 radical (unpaired) electrons. The molecule has 0 bridgehead atoms. The zero-order valence-corrected chi connectivity index (χ0v) is 11.1. The molecule has 17 heavy (non-hydrogen) atoms. The van der Waals surface area contributed by atoms with Crippen LogP contribution < -0.4 is 5.32 Å². The normalized spacial score (nSPS) is 28.9. The summed E-state index contributed by atoms with van der Waals surface area (Å²) >= 11 is 0. The molecule has 4 nitrogen and oxygen atoms in total. The molecule has 0 aromatic rings. The van der Waals surface area contributed by atoms with Gasteiger partial charge in [-0.2, -0.15) is 0 Å². The van der Waals surface area contributed by atoms with Crippen LogP contribution in [0.3, 0.4) is 0 Å². The Morgan fingerprint density at radius 1 is 1.24 bits per heavy atom. The van der Waals surface area contributed by atoms with Gasteiger partial charge in [-0.3, -0.25) is 0 Å². The second-order valence-corrected chi connectivity index (χ2v) is 5.29. The SMILES string of the molecule is CC(O)CNCC(O)COC1CCCCC1C. The lowest BCUT2D eigenvalue weighted by atomic mass is 9.88. The third-order valence-electron chi connectivity index (χ3n) is 3.36. The van der Waals surface area contributed by atoms with Crippen LogP contribution in [0.4, 0.5) is 0 Å². The summed E-state index contributed by atoms with van der Waals surface area (Å²) in [6, 6.07) is 0. The second-order valence-electron chi connectivity index (χ2n) is 5.29. The molecule has 0 saturated heterocycles. The first-order valence-electron chi connectivity index (χ1n) is 6.78. The fourth-order valence-electron chi connectivity index (χ4n) is 2.28. The summed E-state index contributed by atoms with van der Waals surface area (Å²) in [5, 5.41) is 21.8. The van der Waals surface area contributed by atoms with Gasteiger partial charge in [0, 0.05) is 13.1 Å². The highest BCUT2D eigenvalue weighted by Gasteiger charge is 2.22. The van der Waals surface area contributed by atoms with Crippen molar-refractivity contribution >= 4 is 0 Å². The van der Waals surface area contributed by atoms with E-state index in [4.69, 9.17) is 9.84 Å². The maximum Gasteiger partial charge on any atom is 0.0897 e. The van der Waals surface area contributed by atoms with Crippen LogP contribution in [0.1, 0.15) is 39.5 Å². The van der Waals surface area contributed by atoms with Gasteiger partial charge in [0.25, 0.3) is 0 Å². The Bertz CT molecular complexity index is 199. The third-order valence-corrected chi connectivity index (χ3v) is 3.36. The molecule has 1 saturated carbocycles. The van der Waals surface area contributed by atoms with Crippen LogP contribution in [0.2, 0.25) is 0 Å². The van der Waals surface area contributed by atoms with Crippen LogP contribution in [0.15, 0.2) is 0 Å². The molecule has 1 fully saturated rings. The topological polar surface area (TPSA) is 61.7 Å². The summed E-state index contributed by atoms with van der Waals surface area (Å²) in [5.41, 5.74) is 0. The van der Waals surface area contributed by atoms with Crippen molar-refractivity contribution < 1.29 is 14.9 Å². The van der Waals surface area contributed by atoms with E-state index >= 15 is 0 Å². The molecular weight excluding hydrogens is 218 g/mol. The lowest BCUT2D eigenvalue weighted by Crippen LogP contribution is -2.36. The van der Waals surface area contributed by atoms with Gasteiger partial charge in [-0.25, -0.2) is 0 Å². The Morgan fingerprint density at radius 2 is 1.94 bits per heavy atom. The summed E-state index contributed by atoms with van der Waals surface area (Å²) in [4.78, 5) is 0. The first-order valence-corrected chi connectivity index (χ1v) is 6.78. The van der Waals surface area contributed by atoms with E-state index in [0.717, 1.165) is 6.42 Å². The largest absolute Gasteiger partial charge is 0.392 e. The van der Waals surface area contributed by atoms with Gasteiger partial charge in [0.1, 0.15) is 0 Å². The van der Waals surface area contributed by atoms with E-state index in [1.807, 2.05) is 0 Å². The van der Waals surface area contributed by atoms with Gasteiger partial charge in [0.15, 0.2) is 0 Å². The van der Waals surface area contributed by atoms with Crippen molar-refractivity contribution in [2.24, 2.45) is 5.92 Å². The molecule has 3 N–H and O–H groups in total. The predicted octanol–water partition coefficient (Wildman–Crippen LogP) is 0.913. The molecule has 0 aromatic carbocycles. The fourth-order valence-corrected chi connectivity index (χ4v) is 2.28. The zero-order chi connectivity index (χ0) is 12.7. The number of nitrogens with one attached hydrogen (secondary N) is 1. The quantitative estimate of drug-likeness (QED) is 0.624. The molecule has 1 aliphatic rings. The van der Waals surface area contributed by atoms with Crippen molar-refractivity contribution in [3.05, 3.63) is 0 Å². The average molecular weight is 245 g/mol. The maximum absolute atomic E-state index is 9.71. The van der Waals surface area contributed by atoms with E-state index in [0.29, 0.717) is 31.7 Å². The highest BCUT2D eigenvalue weighted by Crippen LogP contribution is 2.26. The Morgan fingerprint density at radius 3 is 2.59 bits per heavy atom. The van der Waals surface area contributed by atoms with E-state index in [9.17, 15) is 5.11 Å². The molecule has 0 spiro atoms. The van der Waals surface area contributed by atoms with E-state index in [2.05, 4.69) is 12.2 Å². The van der Waals surface area contributed by atoms with Gasteiger partial charge < -0.3 is 20.3 Å². The van der Waals surface area contributed by atoms with Crippen LogP contribution in [0.25, 0.3) is 0 Å². The van der Waals surface area contributed by atoms with Crippen LogP contribution in [-0.4, -0.2) is 48.2 Å². The predicted molar refractivity (Wildman–Crippen MR) is 67.9 cm³/mol. The molecular formula is C13H27NO3. The minimum Gasteiger partial charge on any atom is -0.392 e. The van der Waals surface area contributed by atoms with E-state index in [1.54, 1.807) is 6.92 Å². The number of aliphatic hydroxyl groups excluding tert-OH is 2. The highest BCUT2D eigenvalue weighted by atomic mass is 16.5. The smallest absolute Gasteiger partial charge is 0.0897 e. The molecule has 0 amide bonds. The van der Waals surface area contributed by atoms with Crippen LogP contribution in [0.5, 0.6) is 0 Å². The molecule has 0 aromatic heterocycles. The third kappa shape index (κ3) is 6.36. The van der Waals surface area contributed by atoms with Crippen molar-refractivity contribution in [3.8, 4) is 0 Å². The van der Waals surface area contributed by atoms with E-state index in [-0.39, 0.29) is 6.10 Å². The molecule has 1 aliphatic carbocycles. The van der Waals surface area contributed by atoms with E-state index in [1.165, 1.54) is 19.3 Å². The summed E-state index contributed by atoms with van der Waals surface area (Å²) in [7, 11) is 0. The Hall–Kier alpha value is -0.160. The van der Waals surface area contributed by atoms with Crippen molar-refractivity contribution in [1.82, 2.24) is 5.32 Å². The van der Waals surface area contributed by atoms with Crippen LogP contribution >= 0.6 is 0 Å². The first-order chi connectivity index (χ1) is 8.09. The summed E-state index contributed by atoms with van der Waals surface area (Å²) in [5.74, 6) is 0.612. The van der Waals surface area contributed by atoms with Crippen LogP contribution in [-0.2, 0) is 4.74 Å². The van der Waals surface area contributed by atoms with Gasteiger partial charge in [0.2, 0.25) is 0 Å². The standard InChI is InChI=1S/C13H27NO3/c1-10-5-3-4-6-13(10)17-9-12(16)8-14-7-11(2)15/h10-16H,3-9H2,1-2H3. The molecule has 102 valence electrons. The van der Waals surface area contributed by atoms with Gasteiger partial charge >= 0.3 is 0 Å². The Kier molecular flexibility index (Phi) is 7.04. The lowest BCUT2D eigenvalue weighted by molar-refractivity contribution is -0.0454. The number of ether oxygens (including phenoxy) is 1. The monoisotopic (exact) mass is 245 g/mol. The van der Waals surface area contributed by atoms with Gasteiger partial charge in [-0.15, -0.1) is 0 Å². The molecule has 4 unspecified atom stereocenters. The minimum absolute atomic E-state index is 0.315. The summed E-state index contributed by atoms with van der Waals surface area (Å²) in [6.45, 7) is 5.33. The van der Waals surface area contributed by atoms with Crippen molar-refractivity contribution in [2.45, 2.75) is 57.8 Å². The average Bonchev–Trinajstić information content (AvgIpc) is 2.27. The van der Waals surface area contributed by atoms with Crippen molar-refractivity contribution in [3.63, 3.8) is 0 Å².